The van der Waals surface area contributed by atoms with Crippen LogP contribution >= 0.6 is 11.8 Å². The van der Waals surface area contributed by atoms with E-state index in [9.17, 15) is 5.11 Å². The van der Waals surface area contributed by atoms with Crippen molar-refractivity contribution in [2.45, 2.75) is 48.7 Å². The average Bonchev–Trinajstić information content (AvgIpc) is 3.00. The first-order valence-corrected chi connectivity index (χ1v) is 9.14. The second kappa shape index (κ2) is 7.85. The van der Waals surface area contributed by atoms with E-state index in [1.165, 1.54) is 0 Å². The number of aliphatic hydroxyl groups excluding tert-OH is 1. The fourth-order valence-corrected chi connectivity index (χ4v) is 4.20. The minimum absolute atomic E-state index is 0.190. The van der Waals surface area contributed by atoms with Gasteiger partial charge in [0.25, 0.3) is 0 Å². The van der Waals surface area contributed by atoms with E-state index in [-0.39, 0.29) is 11.4 Å². The van der Waals surface area contributed by atoms with Crippen molar-refractivity contribution < 1.29 is 9.84 Å². The molecule has 24 heavy (non-hydrogen) atoms. The van der Waals surface area contributed by atoms with Gasteiger partial charge < -0.3 is 9.84 Å². The molecule has 128 valence electrons. The van der Waals surface area contributed by atoms with E-state index in [1.54, 1.807) is 18.9 Å². The number of benzene rings is 1. The Morgan fingerprint density at radius 3 is 2.71 bits per heavy atom. The average molecular weight is 345 g/mol. The van der Waals surface area contributed by atoms with Gasteiger partial charge >= 0.3 is 0 Å². The zero-order chi connectivity index (χ0) is 16.9. The van der Waals surface area contributed by atoms with Crippen LogP contribution in [0.3, 0.4) is 0 Å². The number of rotatable bonds is 6. The minimum Gasteiger partial charge on any atom is -0.497 e. The largest absolute Gasteiger partial charge is 0.497 e. The second-order valence-electron chi connectivity index (χ2n) is 5.94. The second-order valence-corrected chi connectivity index (χ2v) is 7.15. The lowest BCUT2D eigenvalue weighted by Crippen LogP contribution is -2.27. The molecule has 1 N–H and O–H groups in total. The first-order chi connectivity index (χ1) is 11.7. The van der Waals surface area contributed by atoms with Crippen molar-refractivity contribution >= 4 is 11.8 Å². The predicted octanol–water partition coefficient (Wildman–Crippen LogP) is 3.54. The highest BCUT2D eigenvalue weighted by molar-refractivity contribution is 7.99. The number of methoxy groups -OCH3 is 1. The van der Waals surface area contributed by atoms with Crippen LogP contribution in [0.2, 0.25) is 0 Å². The van der Waals surface area contributed by atoms with Crippen molar-refractivity contribution in [3.8, 4) is 17.1 Å². The molecule has 1 aliphatic carbocycles. The molecule has 5 nitrogen and oxygen atoms in total. The van der Waals surface area contributed by atoms with E-state index >= 15 is 0 Å². The summed E-state index contributed by atoms with van der Waals surface area (Å²) >= 11 is 1.63. The third kappa shape index (κ3) is 3.65. The first kappa shape index (κ1) is 17.0. The summed E-state index contributed by atoms with van der Waals surface area (Å²) in [5, 5.41) is 20.0. The SMILES string of the molecule is C=CCn1c(SC2CCCCC2O)nnc1-c1ccc(OC)cc1. The zero-order valence-electron chi connectivity index (χ0n) is 13.9. The van der Waals surface area contributed by atoms with Gasteiger partial charge in [-0.1, -0.05) is 30.7 Å². The van der Waals surface area contributed by atoms with E-state index in [0.29, 0.717) is 6.54 Å². The van der Waals surface area contributed by atoms with Crippen LogP contribution in [0.15, 0.2) is 42.1 Å². The van der Waals surface area contributed by atoms with Gasteiger partial charge in [-0.2, -0.15) is 0 Å². The Balaban J connectivity index is 1.87. The smallest absolute Gasteiger partial charge is 0.192 e. The summed E-state index contributed by atoms with van der Waals surface area (Å²) in [7, 11) is 1.65. The summed E-state index contributed by atoms with van der Waals surface area (Å²) in [5.41, 5.74) is 0.987. The molecule has 0 saturated heterocycles. The van der Waals surface area contributed by atoms with Gasteiger partial charge in [0.1, 0.15) is 5.75 Å². The molecular formula is C18H23N3O2S. The topological polar surface area (TPSA) is 60.2 Å². The molecule has 2 unspecified atom stereocenters. The van der Waals surface area contributed by atoms with Gasteiger partial charge in [-0.05, 0) is 37.1 Å². The van der Waals surface area contributed by atoms with E-state index in [1.807, 2.05) is 30.3 Å². The lowest BCUT2D eigenvalue weighted by atomic mass is 9.97. The summed E-state index contributed by atoms with van der Waals surface area (Å²) in [6.07, 6.45) is 5.74. The molecule has 1 aliphatic rings. The highest BCUT2D eigenvalue weighted by atomic mass is 32.2. The molecule has 0 bridgehead atoms. The Labute approximate surface area is 146 Å². The zero-order valence-corrected chi connectivity index (χ0v) is 14.7. The molecule has 1 aromatic heterocycles. The van der Waals surface area contributed by atoms with Crippen molar-refractivity contribution in [2.75, 3.05) is 7.11 Å². The van der Waals surface area contributed by atoms with Gasteiger partial charge in [-0.15, -0.1) is 16.8 Å². The van der Waals surface area contributed by atoms with Gasteiger partial charge in [-0.25, -0.2) is 0 Å². The van der Waals surface area contributed by atoms with Crippen molar-refractivity contribution in [3.05, 3.63) is 36.9 Å². The number of aliphatic hydroxyl groups is 1. The molecule has 2 atom stereocenters. The Bertz CT molecular complexity index is 684. The van der Waals surface area contributed by atoms with Crippen LogP contribution in [0.1, 0.15) is 25.7 Å². The van der Waals surface area contributed by atoms with Gasteiger partial charge in [0.15, 0.2) is 11.0 Å². The molecular weight excluding hydrogens is 322 g/mol. The van der Waals surface area contributed by atoms with E-state index in [4.69, 9.17) is 4.74 Å². The predicted molar refractivity (Wildman–Crippen MR) is 96.3 cm³/mol. The number of aromatic nitrogens is 3. The van der Waals surface area contributed by atoms with Gasteiger partial charge in [-0.3, -0.25) is 4.57 Å². The Kier molecular flexibility index (Phi) is 5.58. The van der Waals surface area contributed by atoms with Crippen molar-refractivity contribution in [1.29, 1.82) is 0 Å². The molecule has 2 aromatic rings. The van der Waals surface area contributed by atoms with E-state index in [0.717, 1.165) is 48.0 Å². The van der Waals surface area contributed by atoms with Crippen LogP contribution in [0, 0.1) is 0 Å². The van der Waals surface area contributed by atoms with E-state index < -0.39 is 0 Å². The molecule has 1 aromatic carbocycles. The maximum atomic E-state index is 10.2. The third-order valence-electron chi connectivity index (χ3n) is 4.30. The van der Waals surface area contributed by atoms with Crippen molar-refractivity contribution in [3.63, 3.8) is 0 Å². The summed E-state index contributed by atoms with van der Waals surface area (Å²) < 4.78 is 7.27. The summed E-state index contributed by atoms with van der Waals surface area (Å²) in [5.74, 6) is 1.62. The number of ether oxygens (including phenoxy) is 1. The lowest BCUT2D eigenvalue weighted by Gasteiger charge is -2.26. The molecule has 1 fully saturated rings. The number of nitrogens with zero attached hydrogens (tertiary/aromatic N) is 3. The third-order valence-corrected chi connectivity index (χ3v) is 5.67. The van der Waals surface area contributed by atoms with Gasteiger partial charge in [0, 0.05) is 17.4 Å². The fourth-order valence-electron chi connectivity index (χ4n) is 2.97. The van der Waals surface area contributed by atoms with Crippen LogP contribution in [0.5, 0.6) is 5.75 Å². The van der Waals surface area contributed by atoms with Crippen molar-refractivity contribution in [2.24, 2.45) is 0 Å². The molecule has 1 heterocycles. The number of thioether (sulfide) groups is 1. The van der Waals surface area contributed by atoms with Gasteiger partial charge in [0.05, 0.1) is 13.2 Å². The summed E-state index contributed by atoms with van der Waals surface area (Å²) in [6, 6.07) is 7.79. The minimum atomic E-state index is -0.262. The van der Waals surface area contributed by atoms with Crippen LogP contribution in [0.4, 0.5) is 0 Å². The monoisotopic (exact) mass is 345 g/mol. The Morgan fingerprint density at radius 1 is 1.29 bits per heavy atom. The molecule has 0 amide bonds. The van der Waals surface area contributed by atoms with Crippen LogP contribution in [-0.2, 0) is 6.54 Å². The Morgan fingerprint density at radius 2 is 2.04 bits per heavy atom. The van der Waals surface area contributed by atoms with E-state index in [2.05, 4.69) is 21.3 Å². The standard InChI is InChI=1S/C18H23N3O2S/c1-3-12-21-17(13-8-10-14(23-2)11-9-13)19-20-18(21)24-16-7-5-4-6-15(16)22/h3,8-11,15-16,22H,1,4-7,12H2,2H3. The number of allylic oxidation sites excluding steroid dienone is 1. The first-order valence-electron chi connectivity index (χ1n) is 8.26. The Hall–Kier alpha value is -1.79. The normalized spacial score (nSPS) is 20.8. The number of hydrogen-bond acceptors (Lipinski definition) is 5. The molecule has 0 radical (unpaired) electrons. The van der Waals surface area contributed by atoms with Crippen molar-refractivity contribution in [1.82, 2.24) is 14.8 Å². The molecule has 1 saturated carbocycles. The maximum Gasteiger partial charge on any atom is 0.192 e. The maximum absolute atomic E-state index is 10.2. The van der Waals surface area contributed by atoms with Crippen LogP contribution in [-0.4, -0.2) is 38.3 Å². The molecule has 3 rings (SSSR count). The van der Waals surface area contributed by atoms with Gasteiger partial charge in [0.2, 0.25) is 0 Å². The summed E-state index contributed by atoms with van der Waals surface area (Å²) in [6.45, 7) is 4.48. The molecule has 0 spiro atoms. The highest BCUT2D eigenvalue weighted by Gasteiger charge is 2.26. The number of hydrogen-bond donors (Lipinski definition) is 1. The molecule has 0 aliphatic heterocycles. The quantitative estimate of drug-likeness (QED) is 0.812. The summed E-state index contributed by atoms with van der Waals surface area (Å²) in [4.78, 5) is 0. The molecule has 6 heteroatoms. The lowest BCUT2D eigenvalue weighted by molar-refractivity contribution is 0.137. The van der Waals surface area contributed by atoms with Crippen LogP contribution in [0.25, 0.3) is 11.4 Å². The van der Waals surface area contributed by atoms with Crippen LogP contribution < -0.4 is 4.74 Å². The fraction of sp³-hybridized carbons (Fsp3) is 0.444. The highest BCUT2D eigenvalue weighted by Crippen LogP contribution is 2.34.